The van der Waals surface area contributed by atoms with E-state index in [9.17, 15) is 9.59 Å². The highest BCUT2D eigenvalue weighted by molar-refractivity contribution is 7.99. The van der Waals surface area contributed by atoms with Crippen LogP contribution >= 0.6 is 11.8 Å². The smallest absolute Gasteiger partial charge is 0.257 e. The molecule has 2 aromatic heterocycles. The van der Waals surface area contributed by atoms with E-state index in [2.05, 4.69) is 29.1 Å². The summed E-state index contributed by atoms with van der Waals surface area (Å²) in [6, 6.07) is 3.71. The van der Waals surface area contributed by atoms with Crippen LogP contribution in [0.2, 0.25) is 0 Å². The number of Topliss-reactive ketones (excluding diaryl/α,β-unsaturated/α-hetero) is 1. The van der Waals surface area contributed by atoms with Crippen molar-refractivity contribution in [3.63, 3.8) is 0 Å². The zero-order valence-corrected chi connectivity index (χ0v) is 16.5. The summed E-state index contributed by atoms with van der Waals surface area (Å²) in [4.78, 5) is 33.3. The molecule has 2 aliphatic rings. The molecule has 27 heavy (non-hydrogen) atoms. The fourth-order valence-corrected chi connectivity index (χ4v) is 4.51. The van der Waals surface area contributed by atoms with Gasteiger partial charge in [-0.15, -0.1) is 0 Å². The molecule has 0 fully saturated rings. The number of fused-ring (bicyclic) bond motifs is 1. The van der Waals surface area contributed by atoms with Crippen molar-refractivity contribution in [1.29, 1.82) is 0 Å². The van der Waals surface area contributed by atoms with E-state index in [0.29, 0.717) is 39.5 Å². The quantitative estimate of drug-likeness (QED) is 0.608. The lowest BCUT2D eigenvalue weighted by molar-refractivity contribution is -0.116. The van der Waals surface area contributed by atoms with Crippen LogP contribution in [-0.4, -0.2) is 21.0 Å². The van der Waals surface area contributed by atoms with Crippen LogP contribution in [0, 0.1) is 6.92 Å². The zero-order valence-electron chi connectivity index (χ0n) is 15.7. The molecule has 3 heterocycles. The van der Waals surface area contributed by atoms with Crippen LogP contribution in [0.3, 0.4) is 0 Å². The Hall–Kier alpha value is -2.28. The second-order valence-corrected chi connectivity index (χ2v) is 8.57. The van der Waals surface area contributed by atoms with Gasteiger partial charge in [0.25, 0.3) is 5.56 Å². The summed E-state index contributed by atoms with van der Waals surface area (Å²) >= 11 is 1.55. The highest BCUT2D eigenvalue weighted by Gasteiger charge is 2.39. The van der Waals surface area contributed by atoms with Crippen molar-refractivity contribution in [2.45, 2.75) is 62.8 Å². The lowest BCUT2D eigenvalue weighted by atomic mass is 9.79. The molecule has 0 aromatic carbocycles. The van der Waals surface area contributed by atoms with E-state index >= 15 is 0 Å². The van der Waals surface area contributed by atoms with Gasteiger partial charge in [0.15, 0.2) is 10.9 Å². The lowest BCUT2D eigenvalue weighted by Crippen LogP contribution is -2.32. The van der Waals surface area contributed by atoms with Crippen molar-refractivity contribution in [1.82, 2.24) is 9.97 Å². The Labute approximate surface area is 161 Å². The summed E-state index contributed by atoms with van der Waals surface area (Å²) in [5.41, 5.74) is 1.77. The first-order chi connectivity index (χ1) is 13.0. The summed E-state index contributed by atoms with van der Waals surface area (Å²) in [5, 5.41) is 4.23. The molecule has 7 heteroatoms. The Morgan fingerprint density at radius 3 is 2.85 bits per heavy atom. The minimum Gasteiger partial charge on any atom is -0.465 e. The van der Waals surface area contributed by atoms with Gasteiger partial charge in [-0.2, -0.15) is 0 Å². The van der Waals surface area contributed by atoms with Gasteiger partial charge in [0, 0.05) is 22.9 Å². The van der Waals surface area contributed by atoms with E-state index in [1.165, 1.54) is 0 Å². The highest BCUT2D eigenvalue weighted by Crippen LogP contribution is 2.43. The SMILES string of the molecule is CC[C@@H](C)Sc1nc2c(c(=O)[nH]1)[C@@H](c1ccc(C)o1)C1=C(CCCC1=O)N2. The molecule has 6 nitrogen and oxygen atoms in total. The summed E-state index contributed by atoms with van der Waals surface area (Å²) in [6.45, 7) is 6.07. The summed E-state index contributed by atoms with van der Waals surface area (Å²) < 4.78 is 5.84. The van der Waals surface area contributed by atoms with Crippen LogP contribution in [-0.2, 0) is 4.79 Å². The van der Waals surface area contributed by atoms with Crippen LogP contribution < -0.4 is 10.9 Å². The molecule has 0 saturated carbocycles. The van der Waals surface area contributed by atoms with Crippen LogP contribution in [0.4, 0.5) is 5.82 Å². The Morgan fingerprint density at radius 2 is 2.15 bits per heavy atom. The largest absolute Gasteiger partial charge is 0.465 e. The zero-order chi connectivity index (χ0) is 19.1. The number of furan rings is 1. The van der Waals surface area contributed by atoms with E-state index in [1.807, 2.05) is 19.1 Å². The number of nitrogens with one attached hydrogen (secondary N) is 2. The number of nitrogens with zero attached hydrogens (tertiary/aromatic N) is 1. The van der Waals surface area contributed by atoms with Gasteiger partial charge in [-0.1, -0.05) is 25.6 Å². The maximum absolute atomic E-state index is 13.0. The Kier molecular flexibility index (Phi) is 4.72. The number of ketones is 1. The van der Waals surface area contributed by atoms with Crippen molar-refractivity contribution in [3.05, 3.63) is 50.8 Å². The molecule has 2 aromatic rings. The molecule has 2 atom stereocenters. The Morgan fingerprint density at radius 1 is 1.33 bits per heavy atom. The van der Waals surface area contributed by atoms with E-state index in [4.69, 9.17) is 4.42 Å². The van der Waals surface area contributed by atoms with Crippen molar-refractivity contribution in [2.75, 3.05) is 5.32 Å². The molecule has 4 rings (SSSR count). The third-order valence-electron chi connectivity index (χ3n) is 5.17. The maximum Gasteiger partial charge on any atom is 0.257 e. The summed E-state index contributed by atoms with van der Waals surface area (Å²) in [6.07, 6.45) is 3.07. The van der Waals surface area contributed by atoms with Crippen molar-refractivity contribution < 1.29 is 9.21 Å². The fourth-order valence-electron chi connectivity index (χ4n) is 3.66. The van der Waals surface area contributed by atoms with Crippen LogP contribution in [0.1, 0.15) is 62.5 Å². The van der Waals surface area contributed by atoms with Crippen molar-refractivity contribution >= 4 is 23.4 Å². The van der Waals surface area contributed by atoms with E-state index < -0.39 is 5.92 Å². The van der Waals surface area contributed by atoms with Gasteiger partial charge in [0.05, 0.1) is 11.5 Å². The summed E-state index contributed by atoms with van der Waals surface area (Å²) in [7, 11) is 0. The van der Waals surface area contributed by atoms with Gasteiger partial charge in [-0.3, -0.25) is 9.59 Å². The molecule has 1 aliphatic heterocycles. The molecule has 0 bridgehead atoms. The van der Waals surface area contributed by atoms with Gasteiger partial charge < -0.3 is 14.7 Å². The molecule has 0 radical (unpaired) electrons. The van der Waals surface area contributed by atoms with E-state index in [1.54, 1.807) is 11.8 Å². The number of hydrogen-bond donors (Lipinski definition) is 2. The molecule has 0 spiro atoms. The number of allylic oxidation sites excluding steroid dienone is 2. The maximum atomic E-state index is 13.0. The second kappa shape index (κ2) is 7.03. The number of hydrogen-bond acceptors (Lipinski definition) is 6. The van der Waals surface area contributed by atoms with Gasteiger partial charge in [0.2, 0.25) is 0 Å². The molecule has 142 valence electrons. The average molecular weight is 385 g/mol. The number of carbonyl (C=O) groups is 1. The second-order valence-electron chi connectivity index (χ2n) is 7.15. The van der Waals surface area contributed by atoms with Gasteiger partial charge in [-0.05, 0) is 38.3 Å². The normalized spacial score (nSPS) is 20.1. The van der Waals surface area contributed by atoms with Crippen molar-refractivity contribution in [2.24, 2.45) is 0 Å². The van der Waals surface area contributed by atoms with Crippen LogP contribution in [0.5, 0.6) is 0 Å². The minimum atomic E-state index is -0.503. The van der Waals surface area contributed by atoms with Crippen LogP contribution in [0.15, 0.2) is 37.8 Å². The van der Waals surface area contributed by atoms with Gasteiger partial charge >= 0.3 is 0 Å². The summed E-state index contributed by atoms with van der Waals surface area (Å²) in [5.74, 6) is 1.48. The molecule has 0 amide bonds. The highest BCUT2D eigenvalue weighted by atomic mass is 32.2. The monoisotopic (exact) mass is 385 g/mol. The predicted octanol–water partition coefficient (Wildman–Crippen LogP) is 4.13. The van der Waals surface area contributed by atoms with Gasteiger partial charge in [-0.25, -0.2) is 4.98 Å². The van der Waals surface area contributed by atoms with Gasteiger partial charge in [0.1, 0.15) is 17.3 Å². The van der Waals surface area contributed by atoms with E-state index in [-0.39, 0.29) is 11.3 Å². The lowest BCUT2D eigenvalue weighted by Gasteiger charge is -2.31. The minimum absolute atomic E-state index is 0.0749. The number of anilines is 1. The first kappa shape index (κ1) is 18.1. The molecular formula is C20H23N3O3S. The standard InChI is InChI=1S/C20H23N3O3S/c1-4-11(3)27-20-22-18-17(19(25)23-20)16(14-9-8-10(2)26-14)15-12(21-18)6-5-7-13(15)24/h8-9,11,16H,4-7H2,1-3H3,(H2,21,22,23,25)/t11-,16+/m1/s1. The molecular weight excluding hydrogens is 362 g/mol. The average Bonchev–Trinajstić information content (AvgIpc) is 3.06. The predicted molar refractivity (Wildman–Crippen MR) is 105 cm³/mol. The fraction of sp³-hybridized carbons (Fsp3) is 0.450. The number of aromatic nitrogens is 2. The third kappa shape index (κ3) is 3.25. The number of aryl methyl sites for hydroxylation is 1. The first-order valence-electron chi connectivity index (χ1n) is 9.38. The topological polar surface area (TPSA) is 88.0 Å². The number of aromatic amines is 1. The van der Waals surface area contributed by atoms with Crippen LogP contribution in [0.25, 0.3) is 0 Å². The third-order valence-corrected chi connectivity index (χ3v) is 6.32. The first-order valence-corrected chi connectivity index (χ1v) is 10.3. The number of carbonyl (C=O) groups excluding carboxylic acids is 1. The van der Waals surface area contributed by atoms with E-state index in [0.717, 1.165) is 30.7 Å². The molecule has 2 N–H and O–H groups in total. The Balaban J connectivity index is 1.88. The molecule has 0 saturated heterocycles. The Bertz CT molecular complexity index is 989. The molecule has 1 aliphatic carbocycles. The number of thioether (sulfide) groups is 1. The number of rotatable bonds is 4. The van der Waals surface area contributed by atoms with Crippen molar-refractivity contribution in [3.8, 4) is 0 Å². The number of H-pyrrole nitrogens is 1. The molecule has 0 unspecified atom stereocenters.